The molecule has 6 heteroatoms. The summed E-state index contributed by atoms with van der Waals surface area (Å²) in [6.07, 6.45) is 1.01. The van der Waals surface area contributed by atoms with Gasteiger partial charge in [0, 0.05) is 23.1 Å². The number of aliphatic hydroxyl groups excluding tert-OH is 1. The lowest BCUT2D eigenvalue weighted by Gasteiger charge is -2.28. The third-order valence-corrected chi connectivity index (χ3v) is 5.62. The van der Waals surface area contributed by atoms with Gasteiger partial charge in [-0.2, -0.15) is 0 Å². The molecule has 0 saturated carbocycles. The molecule has 0 aromatic heterocycles. The first-order chi connectivity index (χ1) is 14.3. The van der Waals surface area contributed by atoms with Gasteiger partial charge in [0.15, 0.2) is 5.79 Å². The van der Waals surface area contributed by atoms with Gasteiger partial charge in [-0.25, -0.2) is 0 Å². The summed E-state index contributed by atoms with van der Waals surface area (Å²) in [5.74, 6) is -0.656. The van der Waals surface area contributed by atoms with Gasteiger partial charge in [-0.1, -0.05) is 60.8 Å². The Balaban J connectivity index is 1.69. The molecule has 0 radical (unpaired) electrons. The van der Waals surface area contributed by atoms with Crippen molar-refractivity contribution in [2.24, 2.45) is 0 Å². The Morgan fingerprint density at radius 1 is 1.10 bits per heavy atom. The van der Waals surface area contributed by atoms with Crippen LogP contribution in [0.4, 0.5) is 0 Å². The van der Waals surface area contributed by atoms with E-state index in [1.165, 1.54) is 0 Å². The minimum absolute atomic E-state index is 0.292. The number of ether oxygens (including phenoxy) is 3. The van der Waals surface area contributed by atoms with Crippen LogP contribution in [-0.2, 0) is 20.6 Å². The first-order valence-corrected chi connectivity index (χ1v) is 11.2. The van der Waals surface area contributed by atoms with Crippen molar-refractivity contribution < 1.29 is 19.3 Å². The number of hydrogen-bond donors (Lipinski definition) is 1. The van der Waals surface area contributed by atoms with E-state index < -0.39 is 18.0 Å². The lowest BCUT2D eigenvalue weighted by atomic mass is 9.98. The number of unbranched alkanes of at least 4 members (excludes halogenated alkanes) is 1. The fourth-order valence-corrected chi connectivity index (χ4v) is 4.14. The van der Waals surface area contributed by atoms with Gasteiger partial charge in [0.05, 0.1) is 12.7 Å². The number of halogens is 2. The molecule has 1 fully saturated rings. The summed E-state index contributed by atoms with van der Waals surface area (Å²) in [5, 5.41) is 12.2. The summed E-state index contributed by atoms with van der Waals surface area (Å²) in [5.41, 5.74) is 2.99. The molecule has 0 unspecified atom stereocenters. The zero-order valence-corrected chi connectivity index (χ0v) is 19.2. The van der Waals surface area contributed by atoms with Crippen LogP contribution in [0.1, 0.15) is 39.2 Å². The predicted molar refractivity (Wildman–Crippen MR) is 121 cm³/mol. The molecule has 164 valence electrons. The van der Waals surface area contributed by atoms with E-state index in [9.17, 15) is 5.11 Å². The van der Waals surface area contributed by atoms with Crippen LogP contribution < -0.4 is 0 Å². The van der Waals surface area contributed by atoms with Crippen LogP contribution in [0.25, 0.3) is 11.1 Å². The quantitative estimate of drug-likeness (QED) is 0.481. The lowest BCUT2D eigenvalue weighted by molar-refractivity contribution is -0.169. The minimum Gasteiger partial charge on any atom is -0.390 e. The Morgan fingerprint density at radius 2 is 1.77 bits per heavy atom. The summed E-state index contributed by atoms with van der Waals surface area (Å²) in [7, 11) is 0. The third-order valence-electron chi connectivity index (χ3n) is 5.18. The molecule has 4 nitrogen and oxygen atoms in total. The smallest absolute Gasteiger partial charge is 0.163 e. The fraction of sp³-hybridized carbons (Fsp3) is 0.500. The predicted octanol–water partition coefficient (Wildman–Crippen LogP) is 5.90. The largest absolute Gasteiger partial charge is 0.390 e. The van der Waals surface area contributed by atoms with E-state index in [-0.39, 0.29) is 6.10 Å². The van der Waals surface area contributed by atoms with Crippen molar-refractivity contribution in [3.63, 3.8) is 0 Å². The molecule has 1 saturated heterocycles. The van der Waals surface area contributed by atoms with Crippen molar-refractivity contribution in [1.29, 1.82) is 0 Å². The van der Waals surface area contributed by atoms with E-state index in [0.29, 0.717) is 29.7 Å². The van der Waals surface area contributed by atoms with Crippen LogP contribution in [0.2, 0.25) is 10.0 Å². The maximum atomic E-state index is 11.0. The summed E-state index contributed by atoms with van der Waals surface area (Å²) in [4.78, 5) is 0. The summed E-state index contributed by atoms with van der Waals surface area (Å²) in [6.45, 7) is 6.87. The number of benzene rings is 2. The normalized spacial score (nSPS) is 20.3. The monoisotopic (exact) mass is 452 g/mol. The zero-order valence-electron chi connectivity index (χ0n) is 17.7. The zero-order chi connectivity index (χ0) is 21.7. The van der Waals surface area contributed by atoms with Crippen LogP contribution in [0.3, 0.4) is 0 Å². The maximum absolute atomic E-state index is 11.0. The molecule has 1 heterocycles. The summed E-state index contributed by atoms with van der Waals surface area (Å²) >= 11 is 12.2. The van der Waals surface area contributed by atoms with Gasteiger partial charge in [-0.3, -0.25) is 0 Å². The number of hydrogen-bond acceptors (Lipinski definition) is 4. The molecule has 0 bridgehead atoms. The molecular weight excluding hydrogens is 423 g/mol. The van der Waals surface area contributed by atoms with Gasteiger partial charge in [-0.05, 0) is 55.2 Å². The number of aliphatic hydroxyl groups is 1. The Bertz CT molecular complexity index is 802. The molecule has 1 aliphatic heterocycles. The van der Waals surface area contributed by atoms with Crippen LogP contribution in [0.15, 0.2) is 42.5 Å². The second-order valence-corrected chi connectivity index (χ2v) is 9.06. The Labute approximate surface area is 189 Å². The van der Waals surface area contributed by atoms with Crippen molar-refractivity contribution in [2.75, 3.05) is 13.2 Å². The van der Waals surface area contributed by atoms with Crippen molar-refractivity contribution in [3.05, 3.63) is 58.1 Å². The molecule has 3 atom stereocenters. The van der Waals surface area contributed by atoms with E-state index in [4.69, 9.17) is 37.4 Å². The maximum Gasteiger partial charge on any atom is 0.163 e. The van der Waals surface area contributed by atoms with E-state index >= 15 is 0 Å². The summed E-state index contributed by atoms with van der Waals surface area (Å²) in [6, 6.07) is 13.5. The molecule has 0 amide bonds. The Morgan fingerprint density at radius 3 is 2.33 bits per heavy atom. The van der Waals surface area contributed by atoms with Crippen molar-refractivity contribution in [3.8, 4) is 11.1 Å². The molecular formula is C24H30Cl2O4. The van der Waals surface area contributed by atoms with E-state index in [1.807, 2.05) is 50.2 Å². The first-order valence-electron chi connectivity index (χ1n) is 10.4. The van der Waals surface area contributed by atoms with Crippen molar-refractivity contribution >= 4 is 23.2 Å². The molecule has 0 aliphatic carbocycles. The van der Waals surface area contributed by atoms with Crippen LogP contribution in [0, 0.1) is 0 Å². The van der Waals surface area contributed by atoms with E-state index in [1.54, 1.807) is 6.07 Å². The second kappa shape index (κ2) is 10.4. The molecule has 2 aromatic rings. The topological polar surface area (TPSA) is 47.9 Å². The number of rotatable bonds is 9. The Hall–Kier alpha value is -1.14. The average Bonchev–Trinajstić information content (AvgIpc) is 3.04. The molecule has 2 aromatic carbocycles. The molecule has 1 aliphatic rings. The highest BCUT2D eigenvalue weighted by molar-refractivity contribution is 6.35. The Kier molecular flexibility index (Phi) is 8.19. The summed E-state index contributed by atoms with van der Waals surface area (Å²) < 4.78 is 17.7. The van der Waals surface area contributed by atoms with E-state index in [0.717, 1.165) is 29.5 Å². The van der Waals surface area contributed by atoms with Gasteiger partial charge in [0.1, 0.15) is 12.2 Å². The third kappa shape index (κ3) is 6.43. The lowest BCUT2D eigenvalue weighted by Crippen LogP contribution is -2.43. The first kappa shape index (κ1) is 23.5. The van der Waals surface area contributed by atoms with Gasteiger partial charge >= 0.3 is 0 Å². The highest BCUT2D eigenvalue weighted by atomic mass is 35.5. The van der Waals surface area contributed by atoms with Crippen molar-refractivity contribution in [2.45, 2.75) is 64.1 Å². The molecule has 0 spiro atoms. The van der Waals surface area contributed by atoms with Crippen molar-refractivity contribution in [1.82, 2.24) is 0 Å². The molecule has 1 N–H and O–H groups in total. The standard InChI is InChI=1S/C24H30Cl2O4/c1-4-5-10-28-23(22-15-29-24(2,3)30-22)21(27)11-16-6-8-17(9-7-16)18-12-19(25)14-20(26)13-18/h6-9,12-14,21-23,27H,4-5,10-11,15H2,1-3H3/t21-,22-,23-/m0/s1. The molecule has 30 heavy (non-hydrogen) atoms. The van der Waals surface area contributed by atoms with Gasteiger partial charge in [0.2, 0.25) is 0 Å². The van der Waals surface area contributed by atoms with Crippen LogP contribution >= 0.6 is 23.2 Å². The average molecular weight is 453 g/mol. The van der Waals surface area contributed by atoms with Gasteiger partial charge in [0.25, 0.3) is 0 Å². The van der Waals surface area contributed by atoms with Gasteiger partial charge in [-0.15, -0.1) is 0 Å². The van der Waals surface area contributed by atoms with E-state index in [2.05, 4.69) is 6.92 Å². The SMILES string of the molecule is CCCCO[C@H]([C@@H]1COC(C)(C)O1)[C@@H](O)Cc1ccc(-c2cc(Cl)cc(Cl)c2)cc1. The van der Waals surface area contributed by atoms with Crippen LogP contribution in [-0.4, -0.2) is 42.4 Å². The highest BCUT2D eigenvalue weighted by Crippen LogP contribution is 2.29. The highest BCUT2D eigenvalue weighted by Gasteiger charge is 2.40. The van der Waals surface area contributed by atoms with Crippen LogP contribution in [0.5, 0.6) is 0 Å². The fourth-order valence-electron chi connectivity index (χ4n) is 3.62. The molecule has 3 rings (SSSR count). The minimum atomic E-state index is -0.698. The van der Waals surface area contributed by atoms with Gasteiger partial charge < -0.3 is 19.3 Å². The second-order valence-electron chi connectivity index (χ2n) is 8.18.